The molecule has 1 saturated heterocycles. The van der Waals surface area contributed by atoms with E-state index < -0.39 is 17.3 Å². The minimum Gasteiger partial charge on any atom is -0.494 e. The zero-order chi connectivity index (χ0) is 27.1. The fourth-order valence-corrected chi connectivity index (χ4v) is 7.18. The molecular weight excluding hydrogens is 514 g/mol. The second-order valence-electron chi connectivity index (χ2n) is 10.4. The lowest BCUT2D eigenvalue weighted by Crippen LogP contribution is -2.33. The van der Waals surface area contributed by atoms with Crippen molar-refractivity contribution in [1.82, 2.24) is 9.55 Å². The molecule has 0 saturated carbocycles. The van der Waals surface area contributed by atoms with E-state index >= 15 is 0 Å². The molecule has 2 aliphatic rings. The van der Waals surface area contributed by atoms with E-state index in [1.54, 1.807) is 30.4 Å². The van der Waals surface area contributed by atoms with Crippen molar-refractivity contribution in [3.05, 3.63) is 76.3 Å². The predicted molar refractivity (Wildman–Crippen MR) is 147 cm³/mol. The highest BCUT2D eigenvalue weighted by atomic mass is 32.1. The van der Waals surface area contributed by atoms with Crippen LogP contribution < -0.4 is 4.74 Å². The highest BCUT2D eigenvalue weighted by molar-refractivity contribution is 7.18. The number of aliphatic hydroxyl groups excluding tert-OH is 1. The minimum absolute atomic E-state index is 0.146. The third-order valence-corrected chi connectivity index (χ3v) is 9.09. The van der Waals surface area contributed by atoms with Crippen molar-refractivity contribution in [3.63, 3.8) is 0 Å². The van der Waals surface area contributed by atoms with Gasteiger partial charge in [-0.2, -0.15) is 5.26 Å². The Hall–Kier alpha value is -4.10. The van der Waals surface area contributed by atoms with Crippen LogP contribution in [-0.4, -0.2) is 37.6 Å². The summed E-state index contributed by atoms with van der Waals surface area (Å²) < 4.78 is 15.0. The van der Waals surface area contributed by atoms with Gasteiger partial charge in [0.25, 0.3) is 0 Å². The van der Waals surface area contributed by atoms with Crippen LogP contribution in [0.5, 0.6) is 17.5 Å². The van der Waals surface area contributed by atoms with E-state index in [9.17, 15) is 20.6 Å². The van der Waals surface area contributed by atoms with Gasteiger partial charge in [0.1, 0.15) is 17.0 Å². The second kappa shape index (κ2) is 8.20. The van der Waals surface area contributed by atoms with E-state index in [1.165, 1.54) is 4.57 Å². The van der Waals surface area contributed by atoms with Crippen LogP contribution in [0.4, 0.5) is 0 Å². The lowest BCUT2D eigenvalue weighted by Gasteiger charge is -2.26. The number of rotatable bonds is 5. The van der Waals surface area contributed by atoms with Crippen LogP contribution in [0, 0.1) is 18.3 Å². The molecule has 7 rings (SSSR count). The number of benzene rings is 3. The predicted octanol–water partition coefficient (Wildman–Crippen LogP) is 5.51. The largest absolute Gasteiger partial charge is 0.494 e. The summed E-state index contributed by atoms with van der Waals surface area (Å²) in [5.74, 6) is 0.343. The van der Waals surface area contributed by atoms with Gasteiger partial charge in [-0.15, -0.1) is 11.3 Å². The molecule has 2 aromatic heterocycles. The van der Waals surface area contributed by atoms with Gasteiger partial charge in [0, 0.05) is 29.7 Å². The van der Waals surface area contributed by atoms with Crippen molar-refractivity contribution in [1.29, 1.82) is 5.26 Å². The Bertz CT molecular complexity index is 1850. The van der Waals surface area contributed by atoms with E-state index in [4.69, 9.17) is 9.47 Å². The van der Waals surface area contributed by atoms with Gasteiger partial charge >= 0.3 is 0 Å². The zero-order valence-corrected chi connectivity index (χ0v) is 22.1. The number of hydrogen-bond donors (Lipinski definition) is 3. The molecule has 39 heavy (non-hydrogen) atoms. The summed E-state index contributed by atoms with van der Waals surface area (Å²) in [6.45, 7) is 3.98. The first-order valence-electron chi connectivity index (χ1n) is 12.7. The molecule has 8 nitrogen and oxygen atoms in total. The molecule has 2 bridgehead atoms. The number of aromatic nitrogens is 2. The monoisotopic (exact) mass is 539 g/mol. The second-order valence-corrected chi connectivity index (χ2v) is 11.6. The molecule has 0 spiro atoms. The average molecular weight is 540 g/mol. The maximum absolute atomic E-state index is 11.6. The number of aryl methyl sites for hydroxylation is 1. The number of thiazole rings is 1. The minimum atomic E-state index is -1.19. The normalized spacial score (nSPS) is 23.4. The molecule has 3 N–H and O–H groups in total. The van der Waals surface area contributed by atoms with Crippen LogP contribution in [0.25, 0.3) is 26.7 Å². The number of aromatic hydroxyl groups is 2. The van der Waals surface area contributed by atoms with Gasteiger partial charge in [-0.1, -0.05) is 24.3 Å². The van der Waals surface area contributed by atoms with E-state index in [0.29, 0.717) is 45.3 Å². The molecule has 3 atom stereocenters. The van der Waals surface area contributed by atoms with Gasteiger partial charge in [0.15, 0.2) is 0 Å². The number of aliphatic hydroxyl groups is 1. The average Bonchev–Trinajstić information content (AvgIpc) is 3.58. The van der Waals surface area contributed by atoms with Gasteiger partial charge in [-0.25, -0.2) is 4.98 Å². The molecule has 2 aliphatic heterocycles. The van der Waals surface area contributed by atoms with E-state index in [1.807, 2.05) is 49.4 Å². The first-order valence-corrected chi connectivity index (χ1v) is 13.6. The maximum atomic E-state index is 11.6. The molecule has 3 aromatic carbocycles. The van der Waals surface area contributed by atoms with Crippen LogP contribution >= 0.6 is 11.3 Å². The third-order valence-electron chi connectivity index (χ3n) is 8.14. The van der Waals surface area contributed by atoms with Crippen molar-refractivity contribution in [3.8, 4) is 29.3 Å². The fraction of sp³-hybridized carbons (Fsp3) is 0.267. The van der Waals surface area contributed by atoms with Gasteiger partial charge in [0.05, 0.1) is 56.4 Å². The Labute approximate surface area is 227 Å². The molecule has 196 valence electrons. The van der Waals surface area contributed by atoms with Crippen LogP contribution in [0.1, 0.15) is 41.5 Å². The summed E-state index contributed by atoms with van der Waals surface area (Å²) in [6.07, 6.45) is -0.264. The lowest BCUT2D eigenvalue weighted by molar-refractivity contribution is -0.107. The molecule has 0 aliphatic carbocycles. The van der Waals surface area contributed by atoms with Crippen LogP contribution in [0.15, 0.2) is 54.6 Å². The molecular formula is C30H25N3O5S. The fourth-order valence-electron chi connectivity index (χ4n) is 6.37. The van der Waals surface area contributed by atoms with Gasteiger partial charge < -0.3 is 24.8 Å². The summed E-state index contributed by atoms with van der Waals surface area (Å²) in [5, 5.41) is 46.2. The Kier molecular flexibility index (Phi) is 5.04. The molecule has 1 fully saturated rings. The third kappa shape index (κ3) is 3.26. The van der Waals surface area contributed by atoms with Crippen LogP contribution in [0.3, 0.4) is 0 Å². The number of ether oxygens (including phenoxy) is 2. The number of hydrogen-bond acceptors (Lipinski definition) is 8. The lowest BCUT2D eigenvalue weighted by atomic mass is 9.76. The van der Waals surface area contributed by atoms with Gasteiger partial charge in [-0.05, 0) is 38.1 Å². The number of nitrogens with zero attached hydrogens (tertiary/aromatic N) is 3. The van der Waals surface area contributed by atoms with Crippen molar-refractivity contribution < 1.29 is 24.8 Å². The Morgan fingerprint density at radius 3 is 2.69 bits per heavy atom. The van der Waals surface area contributed by atoms with Gasteiger partial charge in [0.2, 0.25) is 11.8 Å². The highest BCUT2D eigenvalue weighted by Crippen LogP contribution is 2.65. The van der Waals surface area contributed by atoms with E-state index in [2.05, 4.69) is 11.1 Å². The topological polar surface area (TPSA) is 121 Å². The van der Waals surface area contributed by atoms with Crippen molar-refractivity contribution in [2.75, 3.05) is 6.61 Å². The summed E-state index contributed by atoms with van der Waals surface area (Å²) >= 11 is 1.63. The Morgan fingerprint density at radius 2 is 1.90 bits per heavy atom. The van der Waals surface area contributed by atoms with Crippen LogP contribution in [0.2, 0.25) is 0 Å². The Balaban J connectivity index is 1.29. The summed E-state index contributed by atoms with van der Waals surface area (Å²) in [7, 11) is 0. The molecule has 4 heterocycles. The molecule has 0 radical (unpaired) electrons. The van der Waals surface area contributed by atoms with Gasteiger partial charge in [-0.3, -0.25) is 4.57 Å². The van der Waals surface area contributed by atoms with Crippen molar-refractivity contribution >= 4 is 32.3 Å². The van der Waals surface area contributed by atoms with Crippen molar-refractivity contribution in [2.45, 2.75) is 44.0 Å². The highest BCUT2D eigenvalue weighted by Gasteiger charge is 2.66. The summed E-state index contributed by atoms with van der Waals surface area (Å²) in [6, 6.07) is 18.8. The summed E-state index contributed by atoms with van der Waals surface area (Å²) in [4.78, 5) is 4.53. The van der Waals surface area contributed by atoms with Crippen LogP contribution in [-0.2, 0) is 15.9 Å². The SMILES string of the molecule is Cc1nc2cc(OCC[C@]34C[C@H](O)[C@](C)(O3)c3c4c(O)n(-c4ccc(C#N)c5ccccc45)c3O)ccc2s1. The standard InChI is InChI=1S/C30H25N3O5S/c1-16-32-21-13-18(8-10-23(21)39-16)37-12-11-30-14-24(34)29(2,38-30)25-26(30)28(36)33(27(25)35)22-9-7-17(15-31)19-5-3-4-6-20(19)22/h3-10,13,24,34-36H,11-12,14H2,1-2H3/t24-,29-,30+/m0/s1. The first-order chi connectivity index (χ1) is 18.8. The summed E-state index contributed by atoms with van der Waals surface area (Å²) in [5.41, 5.74) is 0.526. The smallest absolute Gasteiger partial charge is 0.205 e. The Morgan fingerprint density at radius 1 is 1.13 bits per heavy atom. The van der Waals surface area contributed by atoms with Crippen molar-refractivity contribution in [2.24, 2.45) is 0 Å². The quantitative estimate of drug-likeness (QED) is 0.269. The number of nitriles is 1. The number of fused-ring (bicyclic) bond motifs is 7. The molecule has 5 aromatic rings. The first kappa shape index (κ1) is 24.0. The van der Waals surface area contributed by atoms with E-state index in [-0.39, 0.29) is 24.8 Å². The molecule has 9 heteroatoms. The maximum Gasteiger partial charge on any atom is 0.205 e. The molecule has 0 unspecified atom stereocenters. The zero-order valence-electron chi connectivity index (χ0n) is 21.3. The van der Waals surface area contributed by atoms with E-state index in [0.717, 1.165) is 15.2 Å². The molecule has 0 amide bonds.